The minimum atomic E-state index is -0.925. The summed E-state index contributed by atoms with van der Waals surface area (Å²) in [5, 5.41) is 3.72. The Labute approximate surface area is 120 Å². The average Bonchev–Trinajstić information content (AvgIpc) is 2.33. The molecule has 0 aromatic heterocycles. The van der Waals surface area contributed by atoms with Crippen molar-refractivity contribution < 1.29 is 13.6 Å². The van der Waals surface area contributed by atoms with Crippen LogP contribution in [0.5, 0.6) is 0 Å². The summed E-state index contributed by atoms with van der Waals surface area (Å²) < 4.78 is 25.8. The number of carbonyl (C=O) groups is 1. The van der Waals surface area contributed by atoms with Crippen LogP contribution in [-0.4, -0.2) is 17.3 Å². The van der Waals surface area contributed by atoms with E-state index in [1.165, 1.54) is 6.07 Å². The first-order valence-electron chi connectivity index (χ1n) is 6.23. The fourth-order valence-corrected chi connectivity index (χ4v) is 2.28. The summed E-state index contributed by atoms with van der Waals surface area (Å²) in [6.07, 6.45) is 0.893. The van der Waals surface area contributed by atoms with E-state index >= 15 is 0 Å². The van der Waals surface area contributed by atoms with Crippen molar-refractivity contribution in [2.75, 3.05) is 5.33 Å². The van der Waals surface area contributed by atoms with Gasteiger partial charge in [0.05, 0.1) is 6.42 Å². The minimum Gasteiger partial charge on any atom is -0.353 e. The third kappa shape index (κ3) is 5.27. The fraction of sp³-hybridized carbons (Fsp3) is 0.500. The van der Waals surface area contributed by atoms with Gasteiger partial charge in [-0.05, 0) is 30.0 Å². The molecule has 0 aliphatic heterocycles. The van der Waals surface area contributed by atoms with Gasteiger partial charge in [-0.1, -0.05) is 35.8 Å². The molecule has 106 valence electrons. The molecule has 0 heterocycles. The molecule has 1 rings (SSSR count). The van der Waals surface area contributed by atoms with E-state index in [4.69, 9.17) is 0 Å². The Morgan fingerprint density at radius 1 is 1.32 bits per heavy atom. The van der Waals surface area contributed by atoms with Crippen molar-refractivity contribution in [1.29, 1.82) is 0 Å². The van der Waals surface area contributed by atoms with Crippen LogP contribution in [0.15, 0.2) is 18.2 Å². The summed E-state index contributed by atoms with van der Waals surface area (Å²) in [7, 11) is 0. The zero-order valence-corrected chi connectivity index (χ0v) is 12.6. The summed E-state index contributed by atoms with van der Waals surface area (Å²) in [6.45, 7) is 4.07. The van der Waals surface area contributed by atoms with Crippen LogP contribution in [0.1, 0.15) is 25.8 Å². The molecule has 1 aromatic rings. The third-order valence-corrected chi connectivity index (χ3v) is 3.38. The summed E-state index contributed by atoms with van der Waals surface area (Å²) in [4.78, 5) is 11.9. The smallest absolute Gasteiger partial charge is 0.224 e. The zero-order valence-electron chi connectivity index (χ0n) is 11.1. The van der Waals surface area contributed by atoms with Crippen molar-refractivity contribution in [2.24, 2.45) is 5.92 Å². The summed E-state index contributed by atoms with van der Waals surface area (Å²) in [6, 6.07) is 3.60. The molecular formula is C14H18BrF2NO. The molecule has 0 radical (unpaired) electrons. The lowest BCUT2D eigenvalue weighted by atomic mass is 10.0. The van der Waals surface area contributed by atoms with Gasteiger partial charge in [-0.15, -0.1) is 0 Å². The number of amides is 1. The minimum absolute atomic E-state index is 0.0582. The molecule has 1 amide bonds. The van der Waals surface area contributed by atoms with Gasteiger partial charge in [-0.25, -0.2) is 8.78 Å². The van der Waals surface area contributed by atoms with Crippen molar-refractivity contribution in [1.82, 2.24) is 5.32 Å². The average molecular weight is 334 g/mol. The first kappa shape index (κ1) is 16.1. The van der Waals surface area contributed by atoms with Crippen molar-refractivity contribution in [3.8, 4) is 0 Å². The zero-order chi connectivity index (χ0) is 14.4. The van der Waals surface area contributed by atoms with E-state index in [1.807, 2.05) is 13.8 Å². The number of nitrogens with one attached hydrogen (secondary N) is 1. The summed E-state index contributed by atoms with van der Waals surface area (Å²) in [5.41, 5.74) is 0.470. The first-order chi connectivity index (χ1) is 8.93. The van der Waals surface area contributed by atoms with Crippen LogP contribution >= 0.6 is 15.9 Å². The standard InChI is InChI=1S/C14H18BrF2NO/c1-9(2)13(5-6-15)18-14(19)8-10-3-4-11(16)12(17)7-10/h3-4,7,9,13H,5-6,8H2,1-2H3,(H,18,19). The maximum absolute atomic E-state index is 13.0. The van der Waals surface area contributed by atoms with Crippen LogP contribution in [0.3, 0.4) is 0 Å². The molecule has 0 saturated carbocycles. The number of hydrogen-bond donors (Lipinski definition) is 1. The predicted molar refractivity (Wildman–Crippen MR) is 75.2 cm³/mol. The largest absolute Gasteiger partial charge is 0.353 e. The number of hydrogen-bond acceptors (Lipinski definition) is 1. The van der Waals surface area contributed by atoms with E-state index in [-0.39, 0.29) is 18.4 Å². The van der Waals surface area contributed by atoms with Crippen molar-refractivity contribution in [2.45, 2.75) is 32.7 Å². The second kappa shape index (κ2) is 7.58. The Bertz CT molecular complexity index is 437. The second-order valence-electron chi connectivity index (χ2n) is 4.82. The normalized spacial score (nSPS) is 12.5. The quantitative estimate of drug-likeness (QED) is 0.794. The Balaban J connectivity index is 2.61. The van der Waals surface area contributed by atoms with Gasteiger partial charge in [0.25, 0.3) is 0 Å². The molecule has 0 saturated heterocycles. The summed E-state index contributed by atoms with van der Waals surface area (Å²) >= 11 is 3.35. The van der Waals surface area contributed by atoms with Crippen LogP contribution < -0.4 is 5.32 Å². The SMILES string of the molecule is CC(C)C(CCBr)NC(=O)Cc1ccc(F)c(F)c1. The molecule has 0 spiro atoms. The number of halogens is 3. The Kier molecular flexibility index (Phi) is 6.42. The van der Waals surface area contributed by atoms with E-state index in [9.17, 15) is 13.6 Å². The van der Waals surface area contributed by atoms with Gasteiger partial charge in [-0.3, -0.25) is 4.79 Å². The van der Waals surface area contributed by atoms with Gasteiger partial charge < -0.3 is 5.32 Å². The van der Waals surface area contributed by atoms with Crippen molar-refractivity contribution >= 4 is 21.8 Å². The molecule has 0 bridgehead atoms. The molecular weight excluding hydrogens is 316 g/mol. The van der Waals surface area contributed by atoms with Gasteiger partial charge in [0.2, 0.25) is 5.91 Å². The van der Waals surface area contributed by atoms with Crippen LogP contribution in [0.2, 0.25) is 0 Å². The van der Waals surface area contributed by atoms with E-state index in [1.54, 1.807) is 0 Å². The first-order valence-corrected chi connectivity index (χ1v) is 7.35. The van der Waals surface area contributed by atoms with Gasteiger partial charge in [-0.2, -0.15) is 0 Å². The maximum atomic E-state index is 13.0. The van der Waals surface area contributed by atoms with Crippen molar-refractivity contribution in [3.63, 3.8) is 0 Å². The highest BCUT2D eigenvalue weighted by molar-refractivity contribution is 9.09. The molecule has 0 aliphatic rings. The van der Waals surface area contributed by atoms with E-state index in [0.29, 0.717) is 11.5 Å². The fourth-order valence-electron chi connectivity index (χ4n) is 1.78. The number of alkyl halides is 1. The van der Waals surface area contributed by atoms with E-state index < -0.39 is 11.6 Å². The van der Waals surface area contributed by atoms with Crippen LogP contribution in [-0.2, 0) is 11.2 Å². The third-order valence-electron chi connectivity index (χ3n) is 2.92. The lowest BCUT2D eigenvalue weighted by Gasteiger charge is -2.21. The Hall–Kier alpha value is -0.970. The molecule has 1 aromatic carbocycles. The maximum Gasteiger partial charge on any atom is 0.224 e. The van der Waals surface area contributed by atoms with E-state index in [2.05, 4.69) is 21.2 Å². The molecule has 5 heteroatoms. The highest BCUT2D eigenvalue weighted by Crippen LogP contribution is 2.11. The van der Waals surface area contributed by atoms with Gasteiger partial charge in [0.1, 0.15) is 0 Å². The highest BCUT2D eigenvalue weighted by Gasteiger charge is 2.16. The van der Waals surface area contributed by atoms with Crippen LogP contribution in [0.25, 0.3) is 0 Å². The van der Waals surface area contributed by atoms with Crippen LogP contribution in [0.4, 0.5) is 8.78 Å². The monoisotopic (exact) mass is 333 g/mol. The van der Waals surface area contributed by atoms with E-state index in [0.717, 1.165) is 23.9 Å². The molecule has 1 N–H and O–H groups in total. The van der Waals surface area contributed by atoms with Crippen LogP contribution in [0, 0.1) is 17.6 Å². The number of carbonyl (C=O) groups excluding carboxylic acids is 1. The molecule has 19 heavy (non-hydrogen) atoms. The van der Waals surface area contributed by atoms with Crippen molar-refractivity contribution in [3.05, 3.63) is 35.4 Å². The predicted octanol–water partition coefficient (Wildman–Crippen LogP) is 3.43. The molecule has 0 fully saturated rings. The molecule has 2 nitrogen and oxygen atoms in total. The number of benzene rings is 1. The molecule has 0 aliphatic carbocycles. The Morgan fingerprint density at radius 2 is 2.00 bits per heavy atom. The molecule has 1 unspecified atom stereocenters. The lowest BCUT2D eigenvalue weighted by Crippen LogP contribution is -2.39. The van der Waals surface area contributed by atoms with Gasteiger partial charge in [0.15, 0.2) is 11.6 Å². The highest BCUT2D eigenvalue weighted by atomic mass is 79.9. The summed E-state index contributed by atoms with van der Waals surface area (Å²) in [5.74, 6) is -1.67. The van der Waals surface area contributed by atoms with Gasteiger partial charge >= 0.3 is 0 Å². The van der Waals surface area contributed by atoms with Gasteiger partial charge in [0, 0.05) is 11.4 Å². The Morgan fingerprint density at radius 3 is 2.53 bits per heavy atom. The lowest BCUT2D eigenvalue weighted by molar-refractivity contribution is -0.121. The number of rotatable bonds is 6. The second-order valence-corrected chi connectivity index (χ2v) is 5.61. The topological polar surface area (TPSA) is 29.1 Å². The molecule has 1 atom stereocenters.